The minimum Gasteiger partial charge on any atom is -0.480 e. The maximum absolute atomic E-state index is 11.7. The van der Waals surface area contributed by atoms with Crippen molar-refractivity contribution in [1.82, 2.24) is 10.6 Å². The number of carboxylic acids is 1. The second-order valence-corrected chi connectivity index (χ2v) is 5.30. The second-order valence-electron chi connectivity index (χ2n) is 5.30. The number of fused-ring (bicyclic) bond motifs is 2. The molecular weight excluding hydrogens is 236 g/mol. The van der Waals surface area contributed by atoms with Crippen LogP contribution in [0.3, 0.4) is 0 Å². The van der Waals surface area contributed by atoms with E-state index in [0.29, 0.717) is 5.92 Å². The van der Waals surface area contributed by atoms with Gasteiger partial charge in [0.25, 0.3) is 0 Å². The number of carbonyl (C=O) groups is 2. The SMILES string of the molecule is O=C(NC1CC2CCC1C2)N[C@@H](CCO)C(=O)O. The van der Waals surface area contributed by atoms with Crippen molar-refractivity contribution in [3.63, 3.8) is 0 Å². The predicted octanol–water partition coefficient (Wildman–Crippen LogP) is 0.310. The number of nitrogens with one attached hydrogen (secondary N) is 2. The quantitative estimate of drug-likeness (QED) is 0.569. The summed E-state index contributed by atoms with van der Waals surface area (Å²) in [5, 5.41) is 22.9. The van der Waals surface area contributed by atoms with E-state index < -0.39 is 18.0 Å². The molecule has 2 amide bonds. The molecule has 2 aliphatic rings. The number of hydrogen-bond acceptors (Lipinski definition) is 3. The molecule has 0 spiro atoms. The van der Waals surface area contributed by atoms with E-state index in [-0.39, 0.29) is 19.1 Å². The third kappa shape index (κ3) is 2.93. The summed E-state index contributed by atoms with van der Waals surface area (Å²) in [6.07, 6.45) is 4.64. The van der Waals surface area contributed by atoms with Gasteiger partial charge < -0.3 is 20.8 Å². The highest BCUT2D eigenvalue weighted by Crippen LogP contribution is 2.44. The molecule has 0 aromatic rings. The molecule has 0 radical (unpaired) electrons. The number of urea groups is 1. The molecule has 102 valence electrons. The summed E-state index contributed by atoms with van der Waals surface area (Å²) in [5.74, 6) is 0.169. The molecule has 0 saturated heterocycles. The van der Waals surface area contributed by atoms with Crippen molar-refractivity contribution < 1.29 is 19.8 Å². The van der Waals surface area contributed by atoms with Crippen molar-refractivity contribution in [2.24, 2.45) is 11.8 Å². The van der Waals surface area contributed by atoms with E-state index in [1.165, 1.54) is 12.8 Å². The number of amides is 2. The van der Waals surface area contributed by atoms with Crippen LogP contribution in [0.25, 0.3) is 0 Å². The van der Waals surface area contributed by atoms with Gasteiger partial charge in [0.05, 0.1) is 0 Å². The molecule has 0 aliphatic heterocycles. The lowest BCUT2D eigenvalue weighted by molar-refractivity contribution is -0.139. The van der Waals surface area contributed by atoms with E-state index in [4.69, 9.17) is 10.2 Å². The van der Waals surface area contributed by atoms with Gasteiger partial charge in [0.1, 0.15) is 6.04 Å². The van der Waals surface area contributed by atoms with Crippen LogP contribution in [0.2, 0.25) is 0 Å². The minimum atomic E-state index is -1.12. The molecule has 6 heteroatoms. The Kier molecular flexibility index (Phi) is 4.06. The molecular formula is C12H20N2O4. The standard InChI is InChI=1S/C12H20N2O4/c15-4-3-9(11(16)17)13-12(18)14-10-6-7-1-2-8(10)5-7/h7-10,15H,1-6H2,(H,16,17)(H2,13,14,18)/t7?,8?,9-,10?/m0/s1. The van der Waals surface area contributed by atoms with Gasteiger partial charge in [0.2, 0.25) is 0 Å². The van der Waals surface area contributed by atoms with E-state index in [1.807, 2.05) is 0 Å². The Balaban J connectivity index is 1.79. The molecule has 4 N–H and O–H groups in total. The molecule has 18 heavy (non-hydrogen) atoms. The summed E-state index contributed by atoms with van der Waals surface area (Å²) < 4.78 is 0. The highest BCUT2D eigenvalue weighted by molar-refractivity contribution is 5.82. The maximum Gasteiger partial charge on any atom is 0.326 e. The Hall–Kier alpha value is -1.30. The molecule has 3 unspecified atom stereocenters. The molecule has 2 bridgehead atoms. The summed E-state index contributed by atoms with van der Waals surface area (Å²) >= 11 is 0. The molecule has 2 rings (SSSR count). The average Bonchev–Trinajstić information content (AvgIpc) is 2.90. The number of carboxylic acid groups (broad SMARTS) is 1. The fourth-order valence-corrected chi connectivity index (χ4v) is 3.18. The van der Waals surface area contributed by atoms with Gasteiger partial charge in [-0.3, -0.25) is 0 Å². The first-order valence-corrected chi connectivity index (χ1v) is 6.51. The minimum absolute atomic E-state index is 0.0273. The van der Waals surface area contributed by atoms with E-state index in [1.54, 1.807) is 0 Å². The Morgan fingerprint density at radius 3 is 2.56 bits per heavy atom. The normalized spacial score (nSPS) is 31.1. The Labute approximate surface area is 106 Å². The van der Waals surface area contributed by atoms with Gasteiger partial charge in [-0.05, 0) is 31.1 Å². The van der Waals surface area contributed by atoms with Crippen LogP contribution in [-0.2, 0) is 4.79 Å². The van der Waals surface area contributed by atoms with Crippen molar-refractivity contribution >= 4 is 12.0 Å². The van der Waals surface area contributed by atoms with Gasteiger partial charge in [-0.2, -0.15) is 0 Å². The largest absolute Gasteiger partial charge is 0.480 e. The monoisotopic (exact) mass is 256 g/mol. The van der Waals surface area contributed by atoms with Crippen LogP contribution in [0.4, 0.5) is 4.79 Å². The molecule has 0 aromatic carbocycles. The Morgan fingerprint density at radius 2 is 2.06 bits per heavy atom. The van der Waals surface area contributed by atoms with E-state index in [9.17, 15) is 9.59 Å². The van der Waals surface area contributed by atoms with Gasteiger partial charge in [-0.25, -0.2) is 9.59 Å². The van der Waals surface area contributed by atoms with Crippen LogP contribution in [0, 0.1) is 11.8 Å². The zero-order valence-corrected chi connectivity index (χ0v) is 10.3. The zero-order valence-electron chi connectivity index (χ0n) is 10.3. The van der Waals surface area contributed by atoms with Crippen molar-refractivity contribution in [1.29, 1.82) is 0 Å². The number of aliphatic hydroxyl groups is 1. The smallest absolute Gasteiger partial charge is 0.326 e. The third-order valence-electron chi connectivity index (χ3n) is 4.08. The lowest BCUT2D eigenvalue weighted by Crippen LogP contribution is -2.50. The van der Waals surface area contributed by atoms with Crippen molar-refractivity contribution in [2.45, 2.75) is 44.2 Å². The fraction of sp³-hybridized carbons (Fsp3) is 0.833. The summed E-state index contributed by atoms with van der Waals surface area (Å²) in [6, 6.07) is -1.27. The molecule has 0 heterocycles. The van der Waals surface area contributed by atoms with Crippen LogP contribution >= 0.6 is 0 Å². The van der Waals surface area contributed by atoms with Crippen molar-refractivity contribution in [2.75, 3.05) is 6.61 Å². The predicted molar refractivity (Wildman–Crippen MR) is 64.0 cm³/mol. The summed E-state index contributed by atoms with van der Waals surface area (Å²) in [7, 11) is 0. The van der Waals surface area contributed by atoms with E-state index in [2.05, 4.69) is 10.6 Å². The van der Waals surface area contributed by atoms with Gasteiger partial charge in [-0.15, -0.1) is 0 Å². The zero-order chi connectivity index (χ0) is 13.1. The molecule has 6 nitrogen and oxygen atoms in total. The number of carbonyl (C=O) groups excluding carboxylic acids is 1. The van der Waals surface area contributed by atoms with E-state index in [0.717, 1.165) is 18.8 Å². The van der Waals surface area contributed by atoms with Crippen LogP contribution in [0.15, 0.2) is 0 Å². The van der Waals surface area contributed by atoms with Crippen LogP contribution in [0.5, 0.6) is 0 Å². The molecule has 4 atom stereocenters. The summed E-state index contributed by atoms with van der Waals surface area (Å²) in [6.45, 7) is -0.259. The van der Waals surface area contributed by atoms with Crippen LogP contribution in [0.1, 0.15) is 32.1 Å². The maximum atomic E-state index is 11.7. The topological polar surface area (TPSA) is 98.7 Å². The summed E-state index contributed by atoms with van der Waals surface area (Å²) in [4.78, 5) is 22.5. The number of rotatable bonds is 5. The first kappa shape index (κ1) is 13.1. The number of aliphatic hydroxyl groups excluding tert-OH is 1. The summed E-state index contributed by atoms with van der Waals surface area (Å²) in [5.41, 5.74) is 0. The fourth-order valence-electron chi connectivity index (χ4n) is 3.18. The molecule has 0 aromatic heterocycles. The number of hydrogen-bond donors (Lipinski definition) is 4. The molecule has 2 aliphatic carbocycles. The number of aliphatic carboxylic acids is 1. The lowest BCUT2D eigenvalue weighted by atomic mass is 9.95. The van der Waals surface area contributed by atoms with Crippen LogP contribution in [-0.4, -0.2) is 40.9 Å². The van der Waals surface area contributed by atoms with Gasteiger partial charge >= 0.3 is 12.0 Å². The first-order valence-electron chi connectivity index (χ1n) is 6.51. The highest BCUT2D eigenvalue weighted by atomic mass is 16.4. The third-order valence-corrected chi connectivity index (χ3v) is 4.08. The van der Waals surface area contributed by atoms with Crippen LogP contribution < -0.4 is 10.6 Å². The first-order chi connectivity index (χ1) is 8.60. The van der Waals surface area contributed by atoms with Gasteiger partial charge in [0.15, 0.2) is 0 Å². The second kappa shape index (κ2) is 5.56. The van der Waals surface area contributed by atoms with Gasteiger partial charge in [-0.1, -0.05) is 6.42 Å². The average molecular weight is 256 g/mol. The molecule has 2 saturated carbocycles. The molecule has 2 fully saturated rings. The van der Waals surface area contributed by atoms with Gasteiger partial charge in [0, 0.05) is 19.1 Å². The lowest BCUT2D eigenvalue weighted by Gasteiger charge is -2.24. The van der Waals surface area contributed by atoms with E-state index >= 15 is 0 Å². The Bertz CT molecular complexity index is 334. The highest BCUT2D eigenvalue weighted by Gasteiger charge is 2.40. The Morgan fingerprint density at radius 1 is 1.28 bits per heavy atom. The van der Waals surface area contributed by atoms with Crippen molar-refractivity contribution in [3.8, 4) is 0 Å². The van der Waals surface area contributed by atoms with Crippen molar-refractivity contribution in [3.05, 3.63) is 0 Å².